The summed E-state index contributed by atoms with van der Waals surface area (Å²) in [6, 6.07) is 14.1. The molecule has 0 saturated carbocycles. The standard InChI is InChI=1S/C27H33ClN4O4/c1-7-14-31(26(34)19-13-12-18(35-5)15-22(19)36-6)17-25(33)29-24-16-23(27(2,3)4)30-32(24)21-11-9-8-10-20(21)28/h8-13,15-16H,7,14,17H2,1-6H3,(H,29,33). The summed E-state index contributed by atoms with van der Waals surface area (Å²) in [6.45, 7) is 8.34. The zero-order valence-corrected chi connectivity index (χ0v) is 22.3. The minimum Gasteiger partial charge on any atom is -0.497 e. The lowest BCUT2D eigenvalue weighted by atomic mass is 9.92. The number of hydrogen-bond acceptors (Lipinski definition) is 5. The smallest absolute Gasteiger partial charge is 0.258 e. The highest BCUT2D eigenvalue weighted by Gasteiger charge is 2.25. The quantitative estimate of drug-likeness (QED) is 0.418. The van der Waals surface area contributed by atoms with Crippen molar-refractivity contribution in [1.82, 2.24) is 14.7 Å². The predicted octanol–water partition coefficient (Wildman–Crippen LogP) is 5.33. The van der Waals surface area contributed by atoms with E-state index in [1.807, 2.05) is 52.0 Å². The van der Waals surface area contributed by atoms with Gasteiger partial charge in [-0.25, -0.2) is 4.68 Å². The topological polar surface area (TPSA) is 85.7 Å². The molecule has 0 aliphatic rings. The molecule has 36 heavy (non-hydrogen) atoms. The van der Waals surface area contributed by atoms with Gasteiger partial charge in [0.2, 0.25) is 5.91 Å². The van der Waals surface area contributed by atoms with Gasteiger partial charge in [0, 0.05) is 24.1 Å². The molecule has 0 radical (unpaired) electrons. The van der Waals surface area contributed by atoms with Gasteiger partial charge in [0.25, 0.3) is 5.91 Å². The summed E-state index contributed by atoms with van der Waals surface area (Å²) in [6.07, 6.45) is 0.684. The van der Waals surface area contributed by atoms with Crippen LogP contribution in [-0.2, 0) is 10.2 Å². The number of carbonyl (C=O) groups is 2. The third-order valence-electron chi connectivity index (χ3n) is 5.58. The molecule has 8 nitrogen and oxygen atoms in total. The molecule has 2 aromatic carbocycles. The molecule has 2 amide bonds. The van der Waals surface area contributed by atoms with Crippen molar-refractivity contribution >= 4 is 29.2 Å². The Morgan fingerprint density at radius 2 is 1.81 bits per heavy atom. The SMILES string of the molecule is CCCN(CC(=O)Nc1cc(C(C)(C)C)nn1-c1ccccc1Cl)C(=O)c1ccc(OC)cc1OC. The minimum atomic E-state index is -0.349. The molecule has 0 saturated heterocycles. The number of nitrogens with one attached hydrogen (secondary N) is 1. The van der Waals surface area contributed by atoms with Gasteiger partial charge < -0.3 is 19.7 Å². The van der Waals surface area contributed by atoms with Gasteiger partial charge in [0.1, 0.15) is 23.9 Å². The fraction of sp³-hybridized carbons (Fsp3) is 0.370. The summed E-state index contributed by atoms with van der Waals surface area (Å²) in [5, 5.41) is 8.15. The number of anilines is 1. The summed E-state index contributed by atoms with van der Waals surface area (Å²) in [5.41, 5.74) is 1.55. The van der Waals surface area contributed by atoms with E-state index in [0.29, 0.717) is 46.6 Å². The maximum atomic E-state index is 13.4. The molecular formula is C27H33ClN4O4. The second kappa shape index (κ2) is 11.5. The van der Waals surface area contributed by atoms with Crippen molar-refractivity contribution in [2.75, 3.05) is 32.6 Å². The van der Waals surface area contributed by atoms with E-state index in [-0.39, 0.29) is 23.8 Å². The van der Waals surface area contributed by atoms with Crippen LogP contribution in [0.15, 0.2) is 48.5 Å². The lowest BCUT2D eigenvalue weighted by Crippen LogP contribution is -2.39. The lowest BCUT2D eigenvalue weighted by molar-refractivity contribution is -0.116. The summed E-state index contributed by atoms with van der Waals surface area (Å²) in [7, 11) is 3.04. The van der Waals surface area contributed by atoms with Crippen LogP contribution in [0.25, 0.3) is 5.69 Å². The molecule has 0 spiro atoms. The maximum Gasteiger partial charge on any atom is 0.258 e. The van der Waals surface area contributed by atoms with E-state index < -0.39 is 0 Å². The van der Waals surface area contributed by atoms with Crippen LogP contribution < -0.4 is 14.8 Å². The Morgan fingerprint density at radius 1 is 1.08 bits per heavy atom. The Labute approximate surface area is 217 Å². The summed E-state index contributed by atoms with van der Waals surface area (Å²) in [5.74, 6) is 0.779. The Morgan fingerprint density at radius 3 is 2.42 bits per heavy atom. The second-order valence-electron chi connectivity index (χ2n) is 9.37. The van der Waals surface area contributed by atoms with Crippen LogP contribution in [0.4, 0.5) is 5.82 Å². The number of para-hydroxylation sites is 1. The highest BCUT2D eigenvalue weighted by molar-refractivity contribution is 6.32. The second-order valence-corrected chi connectivity index (χ2v) is 9.78. The van der Waals surface area contributed by atoms with Crippen molar-refractivity contribution in [3.05, 3.63) is 64.8 Å². The van der Waals surface area contributed by atoms with E-state index in [0.717, 1.165) is 5.69 Å². The van der Waals surface area contributed by atoms with Crippen LogP contribution in [0, 0.1) is 0 Å². The largest absolute Gasteiger partial charge is 0.497 e. The van der Waals surface area contributed by atoms with Gasteiger partial charge in [0.05, 0.1) is 36.2 Å². The summed E-state index contributed by atoms with van der Waals surface area (Å²) < 4.78 is 12.2. The van der Waals surface area contributed by atoms with E-state index in [2.05, 4.69) is 5.32 Å². The fourth-order valence-corrected chi connectivity index (χ4v) is 3.88. The molecule has 3 rings (SSSR count). The molecule has 0 unspecified atom stereocenters. The van der Waals surface area contributed by atoms with Crippen molar-refractivity contribution in [3.8, 4) is 17.2 Å². The number of amides is 2. The van der Waals surface area contributed by atoms with Gasteiger partial charge in [-0.1, -0.05) is 51.4 Å². The number of nitrogens with zero attached hydrogens (tertiary/aromatic N) is 3. The zero-order chi connectivity index (χ0) is 26.5. The number of ether oxygens (including phenoxy) is 2. The predicted molar refractivity (Wildman–Crippen MR) is 142 cm³/mol. The Bertz CT molecular complexity index is 1230. The lowest BCUT2D eigenvalue weighted by Gasteiger charge is -2.23. The molecule has 0 aliphatic carbocycles. The number of benzene rings is 2. The molecule has 192 valence electrons. The third kappa shape index (κ3) is 6.18. The third-order valence-corrected chi connectivity index (χ3v) is 5.90. The van der Waals surface area contributed by atoms with Gasteiger partial charge in [-0.15, -0.1) is 0 Å². The number of carbonyl (C=O) groups excluding carboxylic acids is 2. The Kier molecular flexibility index (Phi) is 8.63. The summed E-state index contributed by atoms with van der Waals surface area (Å²) in [4.78, 5) is 28.0. The molecule has 0 fully saturated rings. The maximum absolute atomic E-state index is 13.4. The van der Waals surface area contributed by atoms with E-state index in [1.54, 1.807) is 36.1 Å². The fourth-order valence-electron chi connectivity index (χ4n) is 3.67. The van der Waals surface area contributed by atoms with Gasteiger partial charge in [-0.05, 0) is 30.7 Å². The molecule has 9 heteroatoms. The Hall–Kier alpha value is -3.52. The number of rotatable bonds is 9. The van der Waals surface area contributed by atoms with E-state index in [1.165, 1.54) is 12.0 Å². The first kappa shape index (κ1) is 27.1. The minimum absolute atomic E-state index is 0.138. The number of aromatic nitrogens is 2. The van der Waals surface area contributed by atoms with Crippen LogP contribution in [0.3, 0.4) is 0 Å². The summed E-state index contributed by atoms with van der Waals surface area (Å²) >= 11 is 6.43. The zero-order valence-electron chi connectivity index (χ0n) is 21.6. The number of halogens is 1. The van der Waals surface area contributed by atoms with Crippen molar-refractivity contribution in [2.45, 2.75) is 39.5 Å². The van der Waals surface area contributed by atoms with Crippen LogP contribution >= 0.6 is 11.6 Å². The molecule has 0 bridgehead atoms. The van der Waals surface area contributed by atoms with E-state index in [4.69, 9.17) is 26.2 Å². The molecule has 0 atom stereocenters. The Balaban J connectivity index is 1.88. The molecule has 1 heterocycles. The number of methoxy groups -OCH3 is 2. The van der Waals surface area contributed by atoms with Crippen LogP contribution in [0.2, 0.25) is 5.02 Å². The highest BCUT2D eigenvalue weighted by Crippen LogP contribution is 2.29. The van der Waals surface area contributed by atoms with Crippen LogP contribution in [0.1, 0.15) is 50.2 Å². The van der Waals surface area contributed by atoms with Gasteiger partial charge in [-0.2, -0.15) is 5.10 Å². The first-order valence-corrected chi connectivity index (χ1v) is 12.1. The molecular weight excluding hydrogens is 480 g/mol. The van der Waals surface area contributed by atoms with Crippen LogP contribution in [0.5, 0.6) is 11.5 Å². The van der Waals surface area contributed by atoms with Crippen molar-refractivity contribution < 1.29 is 19.1 Å². The average Bonchev–Trinajstić information content (AvgIpc) is 3.27. The van der Waals surface area contributed by atoms with E-state index in [9.17, 15) is 9.59 Å². The first-order chi connectivity index (χ1) is 17.1. The van der Waals surface area contributed by atoms with E-state index >= 15 is 0 Å². The average molecular weight is 513 g/mol. The van der Waals surface area contributed by atoms with Gasteiger partial charge in [-0.3, -0.25) is 9.59 Å². The van der Waals surface area contributed by atoms with Gasteiger partial charge in [0.15, 0.2) is 0 Å². The molecule has 3 aromatic rings. The normalized spacial score (nSPS) is 11.2. The molecule has 1 N–H and O–H groups in total. The van der Waals surface area contributed by atoms with Crippen molar-refractivity contribution in [2.24, 2.45) is 0 Å². The van der Waals surface area contributed by atoms with Crippen molar-refractivity contribution in [1.29, 1.82) is 0 Å². The van der Waals surface area contributed by atoms with Gasteiger partial charge >= 0.3 is 0 Å². The van der Waals surface area contributed by atoms with Crippen molar-refractivity contribution in [3.63, 3.8) is 0 Å². The molecule has 0 aliphatic heterocycles. The highest BCUT2D eigenvalue weighted by atomic mass is 35.5. The first-order valence-electron chi connectivity index (χ1n) is 11.8. The number of hydrogen-bond donors (Lipinski definition) is 1. The molecule has 1 aromatic heterocycles. The monoisotopic (exact) mass is 512 g/mol. The van der Waals surface area contributed by atoms with Crippen LogP contribution in [-0.4, -0.2) is 53.8 Å².